The molecule has 0 aliphatic carbocycles. The number of rotatable bonds is 7. The summed E-state index contributed by atoms with van der Waals surface area (Å²) in [5, 5.41) is 47.3. The first kappa shape index (κ1) is 18.3. The van der Waals surface area contributed by atoms with Gasteiger partial charge in [-0.15, -0.1) is 0 Å². The van der Waals surface area contributed by atoms with Gasteiger partial charge >= 0.3 is 0 Å². The van der Waals surface area contributed by atoms with Crippen molar-refractivity contribution in [1.82, 2.24) is 9.88 Å². The molecule has 1 aromatic heterocycles. The number of aliphatic hydroxyl groups excluding tert-OH is 5. The van der Waals surface area contributed by atoms with E-state index in [-0.39, 0.29) is 6.54 Å². The Labute approximate surface area is 137 Å². The van der Waals surface area contributed by atoms with Crippen molar-refractivity contribution in [1.29, 1.82) is 0 Å². The van der Waals surface area contributed by atoms with Gasteiger partial charge in [0.25, 0.3) is 5.91 Å². The van der Waals surface area contributed by atoms with Gasteiger partial charge in [0, 0.05) is 19.2 Å². The molecule has 0 bridgehead atoms. The fourth-order valence-electron chi connectivity index (χ4n) is 2.25. The van der Waals surface area contributed by atoms with E-state index in [0.717, 1.165) is 4.90 Å². The number of benzene rings is 1. The third kappa shape index (κ3) is 3.89. The van der Waals surface area contributed by atoms with Crippen molar-refractivity contribution in [2.45, 2.75) is 24.4 Å². The molecule has 1 heterocycles. The Morgan fingerprint density at radius 3 is 2.54 bits per heavy atom. The summed E-state index contributed by atoms with van der Waals surface area (Å²) in [6.45, 7) is -1.05. The summed E-state index contributed by atoms with van der Waals surface area (Å²) >= 11 is 0. The Kier molecular flexibility index (Phi) is 5.86. The van der Waals surface area contributed by atoms with Crippen molar-refractivity contribution < 1.29 is 34.7 Å². The minimum atomic E-state index is -1.74. The van der Waals surface area contributed by atoms with Gasteiger partial charge in [0.1, 0.15) is 29.9 Å². The van der Waals surface area contributed by atoms with Gasteiger partial charge in [-0.25, -0.2) is 4.98 Å². The van der Waals surface area contributed by atoms with Crippen molar-refractivity contribution in [3.8, 4) is 0 Å². The molecule has 4 atom stereocenters. The second kappa shape index (κ2) is 7.69. The molecule has 5 N–H and O–H groups in total. The molecule has 9 heteroatoms. The molecule has 2 aromatic rings. The summed E-state index contributed by atoms with van der Waals surface area (Å²) in [5.74, 6) is -0.427. The molecule has 0 radical (unpaired) electrons. The summed E-state index contributed by atoms with van der Waals surface area (Å²) in [7, 11) is 1.42. The quantitative estimate of drug-likeness (QED) is 0.402. The molecule has 0 saturated carbocycles. The first-order chi connectivity index (χ1) is 11.3. The molecule has 9 nitrogen and oxygen atoms in total. The first-order valence-corrected chi connectivity index (χ1v) is 7.27. The molecule has 0 saturated heterocycles. The van der Waals surface area contributed by atoms with E-state index in [4.69, 9.17) is 9.52 Å². The molecule has 0 spiro atoms. The highest BCUT2D eigenvalue weighted by atomic mass is 16.4. The van der Waals surface area contributed by atoms with E-state index in [1.165, 1.54) is 19.5 Å². The highest BCUT2D eigenvalue weighted by Crippen LogP contribution is 2.16. The molecule has 4 unspecified atom stereocenters. The lowest BCUT2D eigenvalue weighted by atomic mass is 10.0. The number of carbonyl (C=O) groups is 1. The highest BCUT2D eigenvalue weighted by molar-refractivity contribution is 5.96. The number of amides is 1. The van der Waals surface area contributed by atoms with Crippen LogP contribution in [0.3, 0.4) is 0 Å². The minimum absolute atomic E-state index is 0.286. The molecule has 0 aliphatic heterocycles. The van der Waals surface area contributed by atoms with Crippen LogP contribution in [0.25, 0.3) is 11.1 Å². The number of aliphatic hydroxyl groups is 5. The van der Waals surface area contributed by atoms with Crippen LogP contribution in [-0.4, -0.2) is 85.9 Å². The summed E-state index contributed by atoms with van der Waals surface area (Å²) in [6.07, 6.45) is -5.30. The zero-order chi connectivity index (χ0) is 17.9. The summed E-state index contributed by atoms with van der Waals surface area (Å²) in [5.41, 5.74) is 1.36. The second-order valence-electron chi connectivity index (χ2n) is 5.52. The van der Waals surface area contributed by atoms with E-state index < -0.39 is 36.9 Å². The van der Waals surface area contributed by atoms with Gasteiger partial charge in [-0.2, -0.15) is 0 Å². The molecule has 1 aromatic carbocycles. The van der Waals surface area contributed by atoms with Gasteiger partial charge in [0.05, 0.1) is 6.61 Å². The lowest BCUT2D eigenvalue weighted by Gasteiger charge is -2.28. The number of nitrogens with zero attached hydrogens (tertiary/aromatic N) is 2. The zero-order valence-corrected chi connectivity index (χ0v) is 13.0. The minimum Gasteiger partial charge on any atom is -0.443 e. The molecule has 2 rings (SSSR count). The lowest BCUT2D eigenvalue weighted by molar-refractivity contribution is -0.117. The largest absolute Gasteiger partial charge is 0.443 e. The molecule has 24 heavy (non-hydrogen) atoms. The van der Waals surface area contributed by atoms with Crippen LogP contribution in [0.1, 0.15) is 10.4 Å². The van der Waals surface area contributed by atoms with Gasteiger partial charge in [-0.05, 0) is 18.2 Å². The van der Waals surface area contributed by atoms with E-state index in [9.17, 15) is 25.2 Å². The normalized spacial score (nSPS) is 16.6. The van der Waals surface area contributed by atoms with Gasteiger partial charge < -0.3 is 34.8 Å². The Bertz CT molecular complexity index is 689. The van der Waals surface area contributed by atoms with Crippen LogP contribution in [0.15, 0.2) is 29.0 Å². The molecule has 1 amide bonds. The fraction of sp³-hybridized carbons (Fsp3) is 0.467. The number of fused-ring (bicyclic) bond motifs is 1. The third-order valence-electron chi connectivity index (χ3n) is 3.71. The molecule has 132 valence electrons. The van der Waals surface area contributed by atoms with Crippen LogP contribution in [-0.2, 0) is 0 Å². The van der Waals surface area contributed by atoms with Crippen LogP contribution in [0, 0.1) is 0 Å². The van der Waals surface area contributed by atoms with Crippen molar-refractivity contribution in [2.24, 2.45) is 0 Å². The fourth-order valence-corrected chi connectivity index (χ4v) is 2.25. The van der Waals surface area contributed by atoms with Gasteiger partial charge in [-0.3, -0.25) is 4.79 Å². The highest BCUT2D eigenvalue weighted by Gasteiger charge is 2.31. The van der Waals surface area contributed by atoms with Gasteiger partial charge in [0.15, 0.2) is 12.0 Å². The van der Waals surface area contributed by atoms with E-state index >= 15 is 0 Å². The van der Waals surface area contributed by atoms with E-state index in [1.54, 1.807) is 12.1 Å². The molecule has 0 fully saturated rings. The van der Waals surface area contributed by atoms with Crippen LogP contribution < -0.4 is 0 Å². The first-order valence-electron chi connectivity index (χ1n) is 7.27. The SMILES string of the molecule is CN(CC(O)C(O)C(O)C(O)CO)C(=O)c1ccc2ocnc2c1. The van der Waals surface area contributed by atoms with E-state index in [2.05, 4.69) is 4.98 Å². The monoisotopic (exact) mass is 340 g/mol. The number of hydrogen-bond acceptors (Lipinski definition) is 8. The predicted octanol–water partition coefficient (Wildman–Crippen LogP) is -1.66. The van der Waals surface area contributed by atoms with Gasteiger partial charge in [0.2, 0.25) is 0 Å². The zero-order valence-electron chi connectivity index (χ0n) is 13.0. The van der Waals surface area contributed by atoms with Gasteiger partial charge in [-0.1, -0.05) is 0 Å². The maximum Gasteiger partial charge on any atom is 0.253 e. The van der Waals surface area contributed by atoms with Crippen LogP contribution in [0.4, 0.5) is 0 Å². The lowest BCUT2D eigenvalue weighted by Crippen LogP contribution is -2.49. The average Bonchev–Trinajstić information content (AvgIpc) is 3.06. The smallest absolute Gasteiger partial charge is 0.253 e. The predicted molar refractivity (Wildman–Crippen MR) is 82.1 cm³/mol. The van der Waals surface area contributed by atoms with Crippen LogP contribution in [0.2, 0.25) is 0 Å². The number of hydrogen-bond donors (Lipinski definition) is 5. The Morgan fingerprint density at radius 2 is 1.88 bits per heavy atom. The van der Waals surface area contributed by atoms with E-state index in [0.29, 0.717) is 16.7 Å². The Morgan fingerprint density at radius 1 is 1.21 bits per heavy atom. The summed E-state index contributed by atoms with van der Waals surface area (Å²) < 4.78 is 5.09. The maximum atomic E-state index is 12.4. The third-order valence-corrected chi connectivity index (χ3v) is 3.71. The number of carbonyl (C=O) groups excluding carboxylic acids is 1. The van der Waals surface area contributed by atoms with Crippen LogP contribution >= 0.6 is 0 Å². The maximum absolute atomic E-state index is 12.4. The number of likely N-dealkylation sites (N-methyl/N-ethyl adjacent to an activating group) is 1. The van der Waals surface area contributed by atoms with Crippen molar-refractivity contribution in [2.75, 3.05) is 20.2 Å². The number of aromatic nitrogens is 1. The molecular formula is C15H20N2O7. The standard InChI is InChI=1S/C15H20N2O7/c1-17(5-10(19)13(21)14(22)11(20)6-18)15(23)8-2-3-12-9(4-8)16-7-24-12/h2-4,7,10-11,13-14,18-22H,5-6H2,1H3. The Hall–Kier alpha value is -2.04. The van der Waals surface area contributed by atoms with Crippen molar-refractivity contribution in [3.63, 3.8) is 0 Å². The number of oxazole rings is 1. The van der Waals surface area contributed by atoms with E-state index in [1.807, 2.05) is 0 Å². The van der Waals surface area contributed by atoms with Crippen molar-refractivity contribution in [3.05, 3.63) is 30.2 Å². The van der Waals surface area contributed by atoms with Crippen LogP contribution in [0.5, 0.6) is 0 Å². The molecular weight excluding hydrogens is 320 g/mol. The molecule has 0 aliphatic rings. The summed E-state index contributed by atoms with van der Waals surface area (Å²) in [6, 6.07) is 4.67. The summed E-state index contributed by atoms with van der Waals surface area (Å²) in [4.78, 5) is 17.5. The topological polar surface area (TPSA) is 147 Å². The second-order valence-corrected chi connectivity index (χ2v) is 5.52. The average molecular weight is 340 g/mol. The van der Waals surface area contributed by atoms with Crippen molar-refractivity contribution >= 4 is 17.0 Å². The Balaban J connectivity index is 2.02.